The number of aryl methyl sites for hydroxylation is 1. The fourth-order valence-electron chi connectivity index (χ4n) is 1.88. The van der Waals surface area contributed by atoms with Crippen molar-refractivity contribution in [1.82, 2.24) is 0 Å². The molecule has 0 saturated carbocycles. The topological polar surface area (TPSA) is 89.7 Å². The molecule has 6 nitrogen and oxygen atoms in total. The Morgan fingerprint density at radius 1 is 1.40 bits per heavy atom. The van der Waals surface area contributed by atoms with Crippen molar-refractivity contribution in [2.45, 2.75) is 39.0 Å². The van der Waals surface area contributed by atoms with Crippen LogP contribution >= 0.6 is 0 Å². The first kappa shape index (κ1) is 15.9. The van der Waals surface area contributed by atoms with Gasteiger partial charge in [0.1, 0.15) is 0 Å². The molecule has 6 heteroatoms. The minimum absolute atomic E-state index is 0.141. The van der Waals surface area contributed by atoms with Gasteiger partial charge in [-0.15, -0.1) is 0 Å². The van der Waals surface area contributed by atoms with Crippen LogP contribution in [0.3, 0.4) is 0 Å². The highest BCUT2D eigenvalue weighted by Crippen LogP contribution is 2.38. The molecule has 0 fully saturated rings. The summed E-state index contributed by atoms with van der Waals surface area (Å²) in [6.45, 7) is 5.57. The zero-order chi connectivity index (χ0) is 15.5. The normalized spacial score (nSPS) is 11.2. The number of aromatic hydroxyl groups is 1. The van der Waals surface area contributed by atoms with Gasteiger partial charge < -0.3 is 9.84 Å². The molecule has 0 aliphatic heterocycles. The van der Waals surface area contributed by atoms with E-state index in [0.29, 0.717) is 17.5 Å². The quantitative estimate of drug-likeness (QED) is 0.520. The van der Waals surface area contributed by atoms with Crippen molar-refractivity contribution in [1.29, 1.82) is 0 Å². The van der Waals surface area contributed by atoms with Crippen LogP contribution in [0.15, 0.2) is 12.1 Å². The van der Waals surface area contributed by atoms with Crippen LogP contribution in [0.25, 0.3) is 0 Å². The monoisotopic (exact) mass is 281 g/mol. The van der Waals surface area contributed by atoms with Crippen LogP contribution in [0.2, 0.25) is 0 Å². The number of hydrogen-bond donors (Lipinski definition) is 1. The van der Waals surface area contributed by atoms with Gasteiger partial charge in [-0.1, -0.05) is 26.8 Å². The molecule has 1 aromatic rings. The van der Waals surface area contributed by atoms with Crippen LogP contribution < -0.4 is 0 Å². The van der Waals surface area contributed by atoms with E-state index in [4.69, 9.17) is 0 Å². The van der Waals surface area contributed by atoms with Gasteiger partial charge in [0.05, 0.1) is 12.0 Å². The summed E-state index contributed by atoms with van der Waals surface area (Å²) in [5.41, 5.74) is 0.351. The van der Waals surface area contributed by atoms with Gasteiger partial charge in [0.15, 0.2) is 5.75 Å². The zero-order valence-corrected chi connectivity index (χ0v) is 12.1. The molecule has 0 unspecified atom stereocenters. The largest absolute Gasteiger partial charge is 0.502 e. The van der Waals surface area contributed by atoms with Crippen molar-refractivity contribution in [3.8, 4) is 5.75 Å². The molecule has 1 aromatic carbocycles. The molecule has 0 amide bonds. The summed E-state index contributed by atoms with van der Waals surface area (Å²) in [7, 11) is 1.29. The number of rotatable bonds is 4. The molecule has 0 radical (unpaired) electrons. The number of hydrogen-bond acceptors (Lipinski definition) is 5. The van der Waals surface area contributed by atoms with Crippen LogP contribution in [-0.2, 0) is 21.4 Å². The summed E-state index contributed by atoms with van der Waals surface area (Å²) >= 11 is 0. The number of ether oxygens (including phenoxy) is 1. The first-order valence-electron chi connectivity index (χ1n) is 6.24. The van der Waals surface area contributed by atoms with Crippen molar-refractivity contribution in [3.05, 3.63) is 33.4 Å². The first-order valence-corrected chi connectivity index (χ1v) is 6.24. The van der Waals surface area contributed by atoms with Gasteiger partial charge in [-0.25, -0.2) is 0 Å². The third-order valence-electron chi connectivity index (χ3n) is 3.00. The highest BCUT2D eigenvalue weighted by molar-refractivity contribution is 5.69. The summed E-state index contributed by atoms with van der Waals surface area (Å²) in [6, 6.07) is 3.00. The summed E-state index contributed by atoms with van der Waals surface area (Å²) in [5, 5.41) is 21.0. The maximum absolute atomic E-state index is 11.1. The van der Waals surface area contributed by atoms with Crippen LogP contribution in [0.5, 0.6) is 5.75 Å². The van der Waals surface area contributed by atoms with Crippen molar-refractivity contribution in [3.63, 3.8) is 0 Å². The Morgan fingerprint density at radius 3 is 2.45 bits per heavy atom. The Hall–Kier alpha value is -2.11. The van der Waals surface area contributed by atoms with Gasteiger partial charge in [-0.05, 0) is 17.4 Å². The number of nitrogens with zero attached hydrogens (tertiary/aromatic N) is 1. The van der Waals surface area contributed by atoms with Gasteiger partial charge in [-0.2, -0.15) is 0 Å². The number of phenolic OH excluding ortho intramolecular Hbond substituents is 1. The summed E-state index contributed by atoms with van der Waals surface area (Å²) in [5.74, 6) is -0.692. The molecule has 0 bridgehead atoms. The lowest BCUT2D eigenvalue weighted by Crippen LogP contribution is -2.13. The fraction of sp³-hybridized carbons (Fsp3) is 0.500. The average Bonchev–Trinajstić information content (AvgIpc) is 2.35. The van der Waals surface area contributed by atoms with E-state index in [9.17, 15) is 20.0 Å². The first-order chi connectivity index (χ1) is 9.16. The fourth-order valence-corrected chi connectivity index (χ4v) is 1.88. The maximum Gasteiger partial charge on any atom is 0.311 e. The van der Waals surface area contributed by atoms with Gasteiger partial charge in [0.2, 0.25) is 0 Å². The van der Waals surface area contributed by atoms with Crippen LogP contribution in [0, 0.1) is 10.1 Å². The van der Waals surface area contributed by atoms with E-state index in [1.165, 1.54) is 13.2 Å². The Bertz CT molecular complexity index is 531. The second-order valence-corrected chi connectivity index (χ2v) is 5.59. The van der Waals surface area contributed by atoms with Crippen LogP contribution in [0.4, 0.5) is 5.69 Å². The lowest BCUT2D eigenvalue weighted by atomic mass is 9.84. The summed E-state index contributed by atoms with van der Waals surface area (Å²) < 4.78 is 4.55. The second-order valence-electron chi connectivity index (χ2n) is 5.59. The lowest BCUT2D eigenvalue weighted by Gasteiger charge is -2.21. The van der Waals surface area contributed by atoms with Crippen molar-refractivity contribution in [2.75, 3.05) is 7.11 Å². The number of phenols is 1. The van der Waals surface area contributed by atoms with E-state index >= 15 is 0 Å². The molecular formula is C14H19NO5. The Kier molecular flexibility index (Phi) is 4.70. The molecule has 0 aliphatic carbocycles. The van der Waals surface area contributed by atoms with E-state index in [1.54, 1.807) is 6.07 Å². The van der Waals surface area contributed by atoms with Crippen molar-refractivity contribution >= 4 is 11.7 Å². The molecule has 0 aliphatic rings. The number of carbonyl (C=O) groups excluding carboxylic acids is 1. The number of benzene rings is 1. The molecule has 0 spiro atoms. The summed E-state index contributed by atoms with van der Waals surface area (Å²) in [6.07, 6.45) is 0.471. The molecule has 1 N–H and O–H groups in total. The third-order valence-corrected chi connectivity index (χ3v) is 3.00. The Labute approximate surface area is 117 Å². The highest BCUT2D eigenvalue weighted by atomic mass is 16.6. The number of carbonyl (C=O) groups is 1. The average molecular weight is 281 g/mol. The Balaban J connectivity index is 3.23. The number of nitro benzene ring substituents is 1. The molecule has 0 aromatic heterocycles. The number of methoxy groups -OCH3 is 1. The van der Waals surface area contributed by atoms with Gasteiger partial charge >= 0.3 is 11.7 Å². The molecule has 0 saturated heterocycles. The predicted molar refractivity (Wildman–Crippen MR) is 73.8 cm³/mol. The molecular weight excluding hydrogens is 262 g/mol. The third kappa shape index (κ3) is 3.69. The number of esters is 1. The predicted octanol–water partition coefficient (Wildman–Crippen LogP) is 2.70. The van der Waals surface area contributed by atoms with Crippen LogP contribution in [0.1, 0.15) is 38.3 Å². The van der Waals surface area contributed by atoms with Gasteiger partial charge in [0.25, 0.3) is 0 Å². The van der Waals surface area contributed by atoms with E-state index in [1.807, 2.05) is 20.8 Å². The van der Waals surface area contributed by atoms with Gasteiger partial charge in [0, 0.05) is 18.1 Å². The Morgan fingerprint density at radius 2 is 2.00 bits per heavy atom. The smallest absolute Gasteiger partial charge is 0.311 e. The lowest BCUT2D eigenvalue weighted by molar-refractivity contribution is -0.386. The molecule has 0 heterocycles. The second kappa shape index (κ2) is 5.90. The minimum atomic E-state index is -0.619. The molecule has 0 atom stereocenters. The zero-order valence-electron chi connectivity index (χ0n) is 12.1. The number of nitro groups is 1. The summed E-state index contributed by atoms with van der Waals surface area (Å²) in [4.78, 5) is 21.5. The highest BCUT2D eigenvalue weighted by Gasteiger charge is 2.26. The molecule has 110 valence electrons. The van der Waals surface area contributed by atoms with Crippen molar-refractivity contribution < 1.29 is 19.6 Å². The molecule has 1 rings (SSSR count). The van der Waals surface area contributed by atoms with E-state index in [2.05, 4.69) is 4.74 Å². The molecule has 20 heavy (non-hydrogen) atoms. The van der Waals surface area contributed by atoms with E-state index in [0.717, 1.165) is 0 Å². The van der Waals surface area contributed by atoms with Crippen molar-refractivity contribution in [2.24, 2.45) is 0 Å². The van der Waals surface area contributed by atoms with Crippen LogP contribution in [-0.4, -0.2) is 23.1 Å². The standard InChI is InChI=1S/C14H19NO5/c1-14(2,3)10-7-9(5-6-12(16)20-4)8-11(13(10)17)15(18)19/h7-8,17H,5-6H2,1-4H3. The van der Waals surface area contributed by atoms with E-state index in [-0.39, 0.29) is 23.8 Å². The minimum Gasteiger partial charge on any atom is -0.502 e. The SMILES string of the molecule is COC(=O)CCc1cc([N+](=O)[O-])c(O)c(C(C)(C)C)c1. The maximum atomic E-state index is 11.1. The van der Waals surface area contributed by atoms with Gasteiger partial charge in [-0.3, -0.25) is 14.9 Å². The van der Waals surface area contributed by atoms with E-state index < -0.39 is 10.3 Å².